The van der Waals surface area contributed by atoms with E-state index in [9.17, 15) is 4.79 Å². The number of nitrogens with one attached hydrogen (secondary N) is 1. The van der Waals surface area contributed by atoms with Gasteiger partial charge in [-0.15, -0.1) is 0 Å². The lowest BCUT2D eigenvalue weighted by Gasteiger charge is -2.37. The van der Waals surface area contributed by atoms with Crippen LogP contribution in [0.2, 0.25) is 0 Å². The molecule has 170 valence electrons. The summed E-state index contributed by atoms with van der Waals surface area (Å²) in [4.78, 5) is 14.9. The fourth-order valence-corrected chi connectivity index (χ4v) is 5.50. The van der Waals surface area contributed by atoms with Crippen molar-refractivity contribution in [1.82, 2.24) is 10.2 Å². The maximum Gasteiger partial charge on any atom is 0.220 e. The smallest absolute Gasteiger partial charge is 0.220 e. The number of fused-ring (bicyclic) bond motifs is 1. The topological polar surface area (TPSA) is 45.5 Å². The molecule has 0 spiro atoms. The van der Waals surface area contributed by atoms with Gasteiger partial charge in [0.05, 0.1) is 6.26 Å². The van der Waals surface area contributed by atoms with Gasteiger partial charge in [-0.2, -0.15) is 0 Å². The average Bonchev–Trinajstić information content (AvgIpc) is 3.20. The fraction of sp³-hybridized carbons (Fsp3) is 0.667. The summed E-state index contributed by atoms with van der Waals surface area (Å²) < 4.78 is 5.89. The van der Waals surface area contributed by atoms with Crippen LogP contribution in [0.1, 0.15) is 90.2 Å². The van der Waals surface area contributed by atoms with Gasteiger partial charge in [-0.05, 0) is 81.5 Å². The Morgan fingerprint density at radius 3 is 2.71 bits per heavy atom. The van der Waals surface area contributed by atoms with Crippen LogP contribution in [0.5, 0.6) is 0 Å². The number of carbonyl (C=O) groups excluding carboxylic acids is 1. The molecule has 2 fully saturated rings. The van der Waals surface area contributed by atoms with E-state index in [1.807, 2.05) is 12.3 Å². The van der Waals surface area contributed by atoms with Gasteiger partial charge in [0.15, 0.2) is 0 Å². The van der Waals surface area contributed by atoms with Crippen LogP contribution in [-0.2, 0) is 4.79 Å². The van der Waals surface area contributed by atoms with Crippen LogP contribution >= 0.6 is 0 Å². The monoisotopic (exact) mass is 424 g/mol. The van der Waals surface area contributed by atoms with Crippen molar-refractivity contribution < 1.29 is 9.21 Å². The highest BCUT2D eigenvalue weighted by atomic mass is 16.3. The third-order valence-electron chi connectivity index (χ3n) is 7.18. The summed E-state index contributed by atoms with van der Waals surface area (Å²) in [6, 6.07) is 9.45. The van der Waals surface area contributed by atoms with Crippen molar-refractivity contribution in [3.63, 3.8) is 0 Å². The lowest BCUT2D eigenvalue weighted by molar-refractivity contribution is -0.123. The van der Waals surface area contributed by atoms with Gasteiger partial charge < -0.3 is 9.73 Å². The molecule has 2 aliphatic heterocycles. The van der Waals surface area contributed by atoms with Gasteiger partial charge in [-0.1, -0.05) is 39.3 Å². The van der Waals surface area contributed by atoms with Crippen molar-refractivity contribution in [3.8, 4) is 11.3 Å². The normalized spacial score (nSPS) is 25.6. The number of nitrogens with zero attached hydrogens (tertiary/aromatic N) is 1. The zero-order chi connectivity index (χ0) is 21.8. The Bertz CT molecular complexity index is 813. The molecule has 0 aromatic heterocycles. The number of carbonyl (C=O) groups is 1. The van der Waals surface area contributed by atoms with Crippen LogP contribution in [0.25, 0.3) is 11.3 Å². The minimum atomic E-state index is 0.0624. The number of hydrogen-bond acceptors (Lipinski definition) is 3. The molecule has 31 heavy (non-hydrogen) atoms. The first kappa shape index (κ1) is 22.4. The highest BCUT2D eigenvalue weighted by Crippen LogP contribution is 2.36. The second kappa shape index (κ2) is 9.77. The molecule has 1 saturated carbocycles. The molecule has 1 atom stereocenters. The third-order valence-corrected chi connectivity index (χ3v) is 7.18. The number of likely N-dealkylation sites (tertiary alicyclic amines) is 1. The zero-order valence-corrected chi connectivity index (χ0v) is 19.7. The van der Waals surface area contributed by atoms with Crippen LogP contribution in [0.3, 0.4) is 0 Å². The summed E-state index contributed by atoms with van der Waals surface area (Å²) in [5, 5.41) is 3.28. The second-order valence-electron chi connectivity index (χ2n) is 11.1. The van der Waals surface area contributed by atoms with Crippen molar-refractivity contribution in [1.29, 1.82) is 0 Å². The summed E-state index contributed by atoms with van der Waals surface area (Å²) in [5.41, 5.74) is 2.62. The van der Waals surface area contributed by atoms with Crippen molar-refractivity contribution in [3.05, 3.63) is 36.1 Å². The Kier molecular flexibility index (Phi) is 7.05. The first-order valence-corrected chi connectivity index (χ1v) is 12.4. The van der Waals surface area contributed by atoms with Gasteiger partial charge in [0.1, 0.15) is 5.76 Å². The SMILES string of the molecule is CC(C)(C)CC(=O)N[C@H]1CC[C@H](CCN2CCCCC2c2coc3cccc-3c2)CC1. The summed E-state index contributed by atoms with van der Waals surface area (Å²) in [7, 11) is 0. The molecular formula is C27H40N2O2. The maximum absolute atomic E-state index is 12.3. The van der Waals surface area contributed by atoms with Crippen LogP contribution in [0, 0.1) is 11.3 Å². The molecule has 1 saturated heterocycles. The van der Waals surface area contributed by atoms with Crippen LogP contribution in [0.4, 0.5) is 0 Å². The largest absolute Gasteiger partial charge is 0.464 e. The molecule has 0 aromatic carbocycles. The molecule has 4 rings (SSSR count). The van der Waals surface area contributed by atoms with E-state index in [-0.39, 0.29) is 11.3 Å². The van der Waals surface area contributed by atoms with Crippen molar-refractivity contribution >= 4 is 5.91 Å². The molecule has 1 unspecified atom stereocenters. The molecule has 2 heterocycles. The van der Waals surface area contributed by atoms with Crippen molar-refractivity contribution in [2.45, 2.75) is 90.6 Å². The Labute approximate surface area is 188 Å². The number of rotatable bonds is 6. The molecule has 1 N–H and O–H groups in total. The lowest BCUT2D eigenvalue weighted by atomic mass is 9.83. The van der Waals surface area contributed by atoms with E-state index >= 15 is 0 Å². The predicted molar refractivity (Wildman–Crippen MR) is 126 cm³/mol. The van der Waals surface area contributed by atoms with Crippen molar-refractivity contribution in [2.24, 2.45) is 11.3 Å². The van der Waals surface area contributed by atoms with Crippen LogP contribution in [0.15, 0.2) is 34.9 Å². The van der Waals surface area contributed by atoms with E-state index in [1.54, 1.807) is 0 Å². The maximum atomic E-state index is 12.3. The van der Waals surface area contributed by atoms with E-state index in [0.717, 1.165) is 24.5 Å². The van der Waals surface area contributed by atoms with Crippen LogP contribution < -0.4 is 5.32 Å². The molecule has 0 aromatic rings. The Balaban J connectivity index is 1.26. The van der Waals surface area contributed by atoms with E-state index in [2.05, 4.69) is 49.2 Å². The van der Waals surface area contributed by atoms with Gasteiger partial charge in [0.2, 0.25) is 5.91 Å². The average molecular weight is 425 g/mol. The Morgan fingerprint density at radius 2 is 1.94 bits per heavy atom. The van der Waals surface area contributed by atoms with Crippen LogP contribution in [-0.4, -0.2) is 29.9 Å². The highest BCUT2D eigenvalue weighted by molar-refractivity contribution is 5.76. The first-order chi connectivity index (χ1) is 14.9. The Hall–Kier alpha value is -1.81. The summed E-state index contributed by atoms with van der Waals surface area (Å²) >= 11 is 0. The van der Waals surface area contributed by atoms with E-state index in [1.165, 1.54) is 62.7 Å². The molecule has 4 aliphatic rings. The Morgan fingerprint density at radius 1 is 1.13 bits per heavy atom. The third kappa shape index (κ3) is 6.12. The molecular weight excluding hydrogens is 384 g/mol. The molecule has 2 aliphatic carbocycles. The molecule has 0 bridgehead atoms. The number of hydrogen-bond donors (Lipinski definition) is 1. The zero-order valence-electron chi connectivity index (χ0n) is 19.7. The summed E-state index contributed by atoms with van der Waals surface area (Å²) in [6.07, 6.45) is 12.5. The van der Waals surface area contributed by atoms with Gasteiger partial charge in [-0.25, -0.2) is 0 Å². The summed E-state index contributed by atoms with van der Waals surface area (Å²) in [5.74, 6) is 2.00. The van der Waals surface area contributed by atoms with Gasteiger partial charge >= 0.3 is 0 Å². The van der Waals surface area contributed by atoms with Gasteiger partial charge in [0, 0.05) is 29.6 Å². The minimum Gasteiger partial charge on any atom is -0.464 e. The quantitative estimate of drug-likeness (QED) is 0.582. The minimum absolute atomic E-state index is 0.0624. The second-order valence-corrected chi connectivity index (χ2v) is 11.1. The predicted octanol–water partition coefficient (Wildman–Crippen LogP) is 6.41. The van der Waals surface area contributed by atoms with Gasteiger partial charge in [-0.3, -0.25) is 9.69 Å². The molecule has 4 nitrogen and oxygen atoms in total. The lowest BCUT2D eigenvalue weighted by Crippen LogP contribution is -2.40. The number of piperidine rings is 1. The van der Waals surface area contributed by atoms with Gasteiger partial charge in [0.25, 0.3) is 0 Å². The summed E-state index contributed by atoms with van der Waals surface area (Å²) in [6.45, 7) is 8.76. The molecule has 1 amide bonds. The molecule has 0 radical (unpaired) electrons. The van der Waals surface area contributed by atoms with E-state index in [4.69, 9.17) is 4.42 Å². The highest BCUT2D eigenvalue weighted by Gasteiger charge is 2.28. The standard InChI is InChI=1S/C27H40N2O2/c1-27(2,3)18-26(30)28-23-12-10-20(11-13-23)14-16-29-15-5-4-8-24(29)22-17-21-7-6-9-25(21)31-19-22/h6-7,9,17,19-20,23-24H,4-5,8,10-16,18H2,1-3H3,(H,28,30)/t20-,23-,24?. The first-order valence-electron chi connectivity index (χ1n) is 12.4. The number of amides is 1. The molecule has 4 heteroatoms. The van der Waals surface area contributed by atoms with E-state index in [0.29, 0.717) is 18.5 Å². The van der Waals surface area contributed by atoms with E-state index < -0.39 is 0 Å². The fourth-order valence-electron chi connectivity index (χ4n) is 5.50. The van der Waals surface area contributed by atoms with Crippen molar-refractivity contribution in [2.75, 3.05) is 13.1 Å².